The molecule has 0 spiro atoms. The monoisotopic (exact) mass is 459 g/mol. The van der Waals surface area contributed by atoms with E-state index in [1.54, 1.807) is 7.11 Å². The van der Waals surface area contributed by atoms with Crippen LogP contribution in [0, 0.1) is 6.92 Å². The summed E-state index contributed by atoms with van der Waals surface area (Å²) in [5, 5.41) is 16.0. The van der Waals surface area contributed by atoms with Crippen LogP contribution in [-0.4, -0.2) is 35.2 Å². The number of nitrogens with one attached hydrogen (secondary N) is 2. The van der Waals surface area contributed by atoms with Gasteiger partial charge in [0.1, 0.15) is 5.75 Å². The Morgan fingerprint density at radius 3 is 2.88 bits per heavy atom. The molecule has 1 aliphatic heterocycles. The number of methoxy groups -OCH3 is 1. The minimum Gasteiger partial charge on any atom is -0.497 e. The largest absolute Gasteiger partial charge is 0.497 e. The molecule has 1 unspecified atom stereocenters. The maximum absolute atomic E-state index is 5.45. The first-order valence-corrected chi connectivity index (χ1v) is 12.4. The summed E-state index contributed by atoms with van der Waals surface area (Å²) in [7, 11) is 3.74. The number of anilines is 1. The first-order valence-electron chi connectivity index (χ1n) is 12.4. The molecule has 34 heavy (non-hydrogen) atoms. The van der Waals surface area contributed by atoms with E-state index in [9.17, 15) is 0 Å². The third kappa shape index (κ3) is 5.17. The molecule has 0 saturated heterocycles. The predicted molar refractivity (Wildman–Crippen MR) is 140 cm³/mol. The lowest BCUT2D eigenvalue weighted by Crippen LogP contribution is -2.20. The first-order chi connectivity index (χ1) is 16.5. The minimum absolute atomic E-state index is 0.155. The Hall–Kier alpha value is -3.12. The van der Waals surface area contributed by atoms with Gasteiger partial charge in [-0.15, -0.1) is 5.10 Å². The molecule has 6 nitrogen and oxygen atoms in total. The molecule has 2 aromatic carbocycles. The van der Waals surface area contributed by atoms with Crippen LogP contribution in [0.5, 0.6) is 5.75 Å². The van der Waals surface area contributed by atoms with Gasteiger partial charge in [0.25, 0.3) is 0 Å². The van der Waals surface area contributed by atoms with E-state index in [1.807, 2.05) is 26.1 Å². The highest BCUT2D eigenvalue weighted by atomic mass is 16.5. The summed E-state index contributed by atoms with van der Waals surface area (Å²) in [6.07, 6.45) is 6.50. The fourth-order valence-corrected chi connectivity index (χ4v) is 4.75. The maximum Gasteiger partial charge on any atom is 0.120 e. The summed E-state index contributed by atoms with van der Waals surface area (Å²) >= 11 is 0. The van der Waals surface area contributed by atoms with Crippen molar-refractivity contribution in [3.8, 4) is 17.0 Å². The van der Waals surface area contributed by atoms with Gasteiger partial charge >= 0.3 is 0 Å². The van der Waals surface area contributed by atoms with Crippen LogP contribution in [0.3, 0.4) is 0 Å². The number of aromatic nitrogens is 3. The Labute approximate surface area is 203 Å². The minimum atomic E-state index is 0.155. The molecule has 3 aromatic rings. The van der Waals surface area contributed by atoms with E-state index in [-0.39, 0.29) is 6.04 Å². The third-order valence-electron chi connectivity index (χ3n) is 6.79. The SMILES string of the molecule is CC/C=C(\CC[C@@H](C)NC)c1ccc2c(c1)C(Nc1cccc(OC)c1)CCn1nnc(C)c1-2. The molecule has 1 aromatic heterocycles. The second kappa shape index (κ2) is 10.9. The van der Waals surface area contributed by atoms with Crippen LogP contribution in [0.1, 0.15) is 62.4 Å². The summed E-state index contributed by atoms with van der Waals surface area (Å²) in [6.45, 7) is 7.32. The second-order valence-corrected chi connectivity index (χ2v) is 9.13. The number of fused-ring (bicyclic) bond motifs is 3. The van der Waals surface area contributed by atoms with Crippen molar-refractivity contribution >= 4 is 11.3 Å². The van der Waals surface area contributed by atoms with E-state index >= 15 is 0 Å². The molecule has 0 bridgehead atoms. The number of aryl methyl sites for hydroxylation is 2. The number of nitrogens with zero attached hydrogens (tertiary/aromatic N) is 3. The van der Waals surface area contributed by atoms with Crippen molar-refractivity contribution in [1.82, 2.24) is 20.3 Å². The zero-order valence-electron chi connectivity index (χ0n) is 21.1. The van der Waals surface area contributed by atoms with Crippen molar-refractivity contribution in [2.24, 2.45) is 0 Å². The first kappa shape index (κ1) is 24.0. The molecule has 180 valence electrons. The van der Waals surface area contributed by atoms with Crippen LogP contribution in [0.2, 0.25) is 0 Å². The van der Waals surface area contributed by atoms with Crippen molar-refractivity contribution in [2.45, 2.75) is 65.1 Å². The van der Waals surface area contributed by atoms with Crippen LogP contribution in [0.15, 0.2) is 48.5 Å². The molecule has 0 aliphatic carbocycles. The fourth-order valence-electron chi connectivity index (χ4n) is 4.75. The van der Waals surface area contributed by atoms with Gasteiger partial charge in [0.2, 0.25) is 0 Å². The Bertz CT molecular complexity index is 1150. The summed E-state index contributed by atoms with van der Waals surface area (Å²) < 4.78 is 7.50. The van der Waals surface area contributed by atoms with Crippen LogP contribution in [0.4, 0.5) is 5.69 Å². The molecule has 0 radical (unpaired) electrons. The Morgan fingerprint density at radius 2 is 2.12 bits per heavy atom. The number of hydrogen-bond acceptors (Lipinski definition) is 5. The quantitative estimate of drug-likeness (QED) is 0.411. The van der Waals surface area contributed by atoms with Gasteiger partial charge in [-0.3, -0.25) is 0 Å². The molecular weight excluding hydrogens is 422 g/mol. The molecular formula is C28H37N5O. The predicted octanol–water partition coefficient (Wildman–Crippen LogP) is 6.00. The van der Waals surface area contributed by atoms with Crippen molar-refractivity contribution in [2.75, 3.05) is 19.5 Å². The van der Waals surface area contributed by atoms with Gasteiger partial charge in [0, 0.05) is 29.9 Å². The van der Waals surface area contributed by atoms with Crippen LogP contribution >= 0.6 is 0 Å². The van der Waals surface area contributed by atoms with E-state index in [2.05, 4.69) is 75.9 Å². The zero-order valence-corrected chi connectivity index (χ0v) is 21.1. The topological polar surface area (TPSA) is 64.0 Å². The number of rotatable bonds is 9. The normalized spacial score (nSPS) is 16.4. The number of allylic oxidation sites excluding steroid dienone is 2. The maximum atomic E-state index is 5.45. The van der Waals surface area contributed by atoms with E-state index in [0.29, 0.717) is 6.04 Å². The molecule has 0 amide bonds. The summed E-state index contributed by atoms with van der Waals surface area (Å²) in [4.78, 5) is 0. The van der Waals surface area contributed by atoms with Gasteiger partial charge in [-0.25, -0.2) is 4.68 Å². The van der Waals surface area contributed by atoms with E-state index in [1.165, 1.54) is 22.3 Å². The molecule has 2 heterocycles. The summed E-state index contributed by atoms with van der Waals surface area (Å²) in [5.41, 5.74) is 8.39. The standard InChI is InChI=1S/C28H37N5O/c1-6-8-21(12-11-19(2)29-4)22-13-14-25-26(17-22)27(15-16-33-28(25)20(3)31-32-33)30-23-9-7-10-24(18-23)34-5/h7-10,13-14,17-19,27,29-30H,6,11-12,15-16H2,1-5H3/b21-8+/t19-,27?/m1/s1. The van der Waals surface area contributed by atoms with Crippen molar-refractivity contribution in [1.29, 1.82) is 0 Å². The van der Waals surface area contributed by atoms with Crippen LogP contribution < -0.4 is 15.4 Å². The molecule has 6 heteroatoms. The summed E-state index contributed by atoms with van der Waals surface area (Å²) in [6, 6.07) is 15.7. The highest BCUT2D eigenvalue weighted by Gasteiger charge is 2.26. The Kier molecular flexibility index (Phi) is 7.68. The van der Waals surface area contributed by atoms with Crippen molar-refractivity contribution < 1.29 is 4.74 Å². The van der Waals surface area contributed by atoms with Crippen molar-refractivity contribution in [3.63, 3.8) is 0 Å². The average Bonchev–Trinajstić information content (AvgIpc) is 3.15. The lowest BCUT2D eigenvalue weighted by Gasteiger charge is -2.22. The van der Waals surface area contributed by atoms with E-state index in [0.717, 1.165) is 55.1 Å². The van der Waals surface area contributed by atoms with Gasteiger partial charge in [0.05, 0.1) is 24.5 Å². The fraction of sp³-hybridized carbons (Fsp3) is 0.429. The Balaban J connectivity index is 1.75. The highest BCUT2D eigenvalue weighted by Crippen LogP contribution is 2.39. The molecule has 0 fully saturated rings. The molecule has 1 aliphatic rings. The smallest absolute Gasteiger partial charge is 0.120 e. The number of hydrogen-bond donors (Lipinski definition) is 2. The highest BCUT2D eigenvalue weighted by molar-refractivity contribution is 5.74. The number of benzene rings is 2. The molecule has 2 N–H and O–H groups in total. The van der Waals surface area contributed by atoms with E-state index < -0.39 is 0 Å². The number of ether oxygens (including phenoxy) is 1. The second-order valence-electron chi connectivity index (χ2n) is 9.13. The zero-order chi connectivity index (χ0) is 24.1. The molecule has 0 saturated carbocycles. The van der Waals surface area contributed by atoms with Gasteiger partial charge in [-0.2, -0.15) is 0 Å². The Morgan fingerprint density at radius 1 is 1.26 bits per heavy atom. The van der Waals surface area contributed by atoms with Crippen molar-refractivity contribution in [3.05, 3.63) is 65.4 Å². The van der Waals surface area contributed by atoms with Crippen LogP contribution in [-0.2, 0) is 6.54 Å². The van der Waals surface area contributed by atoms with Gasteiger partial charge in [-0.1, -0.05) is 36.4 Å². The molecule has 2 atom stereocenters. The van der Waals surface area contributed by atoms with Gasteiger partial charge in [0.15, 0.2) is 0 Å². The molecule has 4 rings (SSSR count). The van der Waals surface area contributed by atoms with Gasteiger partial charge < -0.3 is 15.4 Å². The third-order valence-corrected chi connectivity index (χ3v) is 6.79. The van der Waals surface area contributed by atoms with Crippen LogP contribution in [0.25, 0.3) is 16.8 Å². The van der Waals surface area contributed by atoms with Gasteiger partial charge in [-0.05, 0) is 81.5 Å². The lowest BCUT2D eigenvalue weighted by atomic mass is 9.90. The van der Waals surface area contributed by atoms with E-state index in [4.69, 9.17) is 4.74 Å². The summed E-state index contributed by atoms with van der Waals surface area (Å²) in [5.74, 6) is 0.854. The lowest BCUT2D eigenvalue weighted by molar-refractivity contribution is 0.415. The average molecular weight is 460 g/mol.